The van der Waals surface area contributed by atoms with Gasteiger partial charge in [0.1, 0.15) is 5.58 Å². The Labute approximate surface area is 249 Å². The molecule has 0 N–H and O–H groups in total. The van der Waals surface area contributed by atoms with Crippen molar-refractivity contribution in [3.05, 3.63) is 132 Å². The molecule has 3 aromatic heterocycles. The molecule has 0 spiro atoms. The van der Waals surface area contributed by atoms with Crippen LogP contribution in [0.15, 0.2) is 120 Å². The first-order chi connectivity index (χ1) is 21.2. The van der Waals surface area contributed by atoms with E-state index in [1.165, 1.54) is 20.2 Å². The third kappa shape index (κ3) is 3.29. The van der Waals surface area contributed by atoms with Crippen LogP contribution in [-0.2, 0) is 0 Å². The van der Waals surface area contributed by atoms with Crippen molar-refractivity contribution in [2.75, 3.05) is 0 Å². The Balaban J connectivity index is 1.35. The largest absolute Gasteiger partial charge is 0.465 e. The van der Waals surface area contributed by atoms with E-state index in [1.807, 2.05) is 48.5 Å². The van der Waals surface area contributed by atoms with Crippen LogP contribution in [0.1, 0.15) is 5.56 Å². The van der Waals surface area contributed by atoms with E-state index in [0.717, 1.165) is 49.4 Å². The molecule has 0 atom stereocenters. The van der Waals surface area contributed by atoms with Gasteiger partial charge in [-0.2, -0.15) is 5.26 Å². The molecule has 9 rings (SSSR count). The van der Waals surface area contributed by atoms with Gasteiger partial charge in [-0.05, 0) is 53.6 Å². The van der Waals surface area contributed by atoms with Crippen LogP contribution in [0.2, 0.25) is 0 Å². The molecular formula is C38H19N3OS. The minimum absolute atomic E-state index is 0.488. The van der Waals surface area contributed by atoms with Crippen molar-refractivity contribution in [3.63, 3.8) is 0 Å². The van der Waals surface area contributed by atoms with E-state index in [4.69, 9.17) is 11.0 Å². The van der Waals surface area contributed by atoms with Crippen LogP contribution >= 0.6 is 11.3 Å². The summed E-state index contributed by atoms with van der Waals surface area (Å²) in [6.07, 6.45) is 0. The van der Waals surface area contributed by atoms with E-state index < -0.39 is 0 Å². The van der Waals surface area contributed by atoms with Crippen LogP contribution in [-0.4, -0.2) is 4.57 Å². The Morgan fingerprint density at radius 1 is 0.674 bits per heavy atom. The fraction of sp³-hybridized carbons (Fsp3) is 0. The number of para-hydroxylation sites is 2. The van der Waals surface area contributed by atoms with Gasteiger partial charge in [-0.1, -0.05) is 72.8 Å². The zero-order valence-corrected chi connectivity index (χ0v) is 23.4. The zero-order chi connectivity index (χ0) is 28.7. The van der Waals surface area contributed by atoms with Gasteiger partial charge in [0.05, 0.1) is 34.9 Å². The molecule has 0 aliphatic carbocycles. The highest BCUT2D eigenvalue weighted by Gasteiger charge is 2.20. The van der Waals surface area contributed by atoms with Gasteiger partial charge in [0.25, 0.3) is 0 Å². The maximum Gasteiger partial charge on any atom is 0.230 e. The molecule has 0 bridgehead atoms. The van der Waals surface area contributed by atoms with Crippen molar-refractivity contribution in [1.82, 2.24) is 4.57 Å². The predicted molar refractivity (Wildman–Crippen MR) is 177 cm³/mol. The zero-order valence-electron chi connectivity index (χ0n) is 22.6. The van der Waals surface area contributed by atoms with Gasteiger partial charge < -0.3 is 8.98 Å². The predicted octanol–water partition coefficient (Wildman–Crippen LogP) is 11.1. The van der Waals surface area contributed by atoms with Crippen LogP contribution in [0.5, 0.6) is 0 Å². The highest BCUT2D eigenvalue weighted by Crippen LogP contribution is 2.45. The molecule has 0 unspecified atom stereocenters. The standard InChI is InChI=1S/C38H19N3OS/c1-40-31-20-23(24-10-6-12-29-27-9-3-5-15-35(27)43-38(24)29)19-30-28-11-7-14-33(37(28)42-36(30)31)41-32-13-4-2-8-25(32)26-17-16-22(21-39)18-34(26)41/h2-20H. The van der Waals surface area contributed by atoms with Crippen molar-refractivity contribution in [2.24, 2.45) is 0 Å². The third-order valence-corrected chi connectivity index (χ3v) is 9.66. The summed E-state index contributed by atoms with van der Waals surface area (Å²) in [5, 5.41) is 16.2. The topological polar surface area (TPSA) is 46.2 Å². The van der Waals surface area contributed by atoms with Crippen molar-refractivity contribution < 1.29 is 4.42 Å². The highest BCUT2D eigenvalue weighted by atomic mass is 32.1. The molecule has 6 aromatic carbocycles. The van der Waals surface area contributed by atoms with Gasteiger partial charge in [-0.25, -0.2) is 4.85 Å². The van der Waals surface area contributed by atoms with E-state index in [9.17, 15) is 5.26 Å². The van der Waals surface area contributed by atoms with Crippen LogP contribution in [0.25, 0.3) is 85.6 Å². The number of furan rings is 1. The van der Waals surface area contributed by atoms with E-state index in [0.29, 0.717) is 22.4 Å². The summed E-state index contributed by atoms with van der Waals surface area (Å²) in [4.78, 5) is 3.93. The minimum atomic E-state index is 0.488. The molecular weight excluding hydrogens is 547 g/mol. The smallest absolute Gasteiger partial charge is 0.230 e. The summed E-state index contributed by atoms with van der Waals surface area (Å²) in [5.41, 5.74) is 7.35. The van der Waals surface area contributed by atoms with Crippen molar-refractivity contribution in [3.8, 4) is 22.9 Å². The van der Waals surface area contributed by atoms with Crippen LogP contribution in [0.4, 0.5) is 5.69 Å². The van der Waals surface area contributed by atoms with E-state index in [2.05, 4.69) is 82.2 Å². The normalized spacial score (nSPS) is 11.7. The minimum Gasteiger partial charge on any atom is -0.465 e. The Morgan fingerprint density at radius 3 is 2.33 bits per heavy atom. The van der Waals surface area contributed by atoms with E-state index >= 15 is 0 Å². The fourth-order valence-electron chi connectivity index (χ4n) is 6.56. The van der Waals surface area contributed by atoms with Gasteiger partial charge in [0.2, 0.25) is 5.69 Å². The summed E-state index contributed by atoms with van der Waals surface area (Å²) >= 11 is 1.79. The lowest BCUT2D eigenvalue weighted by molar-refractivity contribution is 0.668. The number of benzene rings is 6. The first kappa shape index (κ1) is 23.8. The summed E-state index contributed by atoms with van der Waals surface area (Å²) in [7, 11) is 0. The second kappa shape index (κ2) is 8.81. The molecule has 0 aliphatic rings. The number of nitriles is 1. The van der Waals surface area contributed by atoms with Crippen molar-refractivity contribution in [1.29, 1.82) is 5.26 Å². The molecule has 5 heteroatoms. The summed E-state index contributed by atoms with van der Waals surface area (Å²) in [6, 6.07) is 41.6. The van der Waals surface area contributed by atoms with Gasteiger partial charge in [0.15, 0.2) is 5.58 Å². The number of hydrogen-bond acceptors (Lipinski definition) is 3. The first-order valence-electron chi connectivity index (χ1n) is 13.9. The molecule has 4 nitrogen and oxygen atoms in total. The van der Waals surface area contributed by atoms with Gasteiger partial charge in [0, 0.05) is 41.7 Å². The molecule has 43 heavy (non-hydrogen) atoms. The van der Waals surface area contributed by atoms with Crippen LogP contribution < -0.4 is 0 Å². The molecule has 0 amide bonds. The molecule has 0 fully saturated rings. The Bertz CT molecular complexity index is 2710. The van der Waals surface area contributed by atoms with Crippen molar-refractivity contribution >= 4 is 80.9 Å². The second-order valence-corrected chi connectivity index (χ2v) is 11.8. The lowest BCUT2D eigenvalue weighted by atomic mass is 9.99. The third-order valence-electron chi connectivity index (χ3n) is 8.44. The number of nitrogens with zero attached hydrogens (tertiary/aromatic N) is 3. The number of hydrogen-bond donors (Lipinski definition) is 0. The SMILES string of the molecule is [C-]#[N+]c1cc(-c2cccc3c2sc2ccccc23)cc2c1oc1c(-n3c4ccccc4c4ccc(C#N)cc43)cccc12. The lowest BCUT2D eigenvalue weighted by Crippen LogP contribution is -1.94. The number of rotatable bonds is 2. The van der Waals surface area contributed by atoms with Gasteiger partial charge in [-0.15, -0.1) is 11.3 Å². The Morgan fingerprint density at radius 2 is 1.44 bits per heavy atom. The monoisotopic (exact) mass is 565 g/mol. The summed E-state index contributed by atoms with van der Waals surface area (Å²) in [5.74, 6) is 0. The first-order valence-corrected chi connectivity index (χ1v) is 14.8. The summed E-state index contributed by atoms with van der Waals surface area (Å²) < 4.78 is 11.3. The number of thiophene rings is 1. The van der Waals surface area contributed by atoms with Crippen LogP contribution in [0.3, 0.4) is 0 Å². The van der Waals surface area contributed by atoms with E-state index in [1.54, 1.807) is 11.3 Å². The number of aromatic nitrogens is 1. The molecule has 3 heterocycles. The quantitative estimate of drug-likeness (QED) is 0.196. The molecule has 0 aliphatic heterocycles. The Hall–Kier alpha value is -5.88. The molecule has 0 saturated heterocycles. The lowest BCUT2D eigenvalue weighted by Gasteiger charge is -2.08. The molecule has 0 radical (unpaired) electrons. The number of fused-ring (bicyclic) bond motifs is 9. The van der Waals surface area contributed by atoms with Crippen molar-refractivity contribution in [2.45, 2.75) is 0 Å². The maximum absolute atomic E-state index is 9.68. The molecule has 9 aromatic rings. The van der Waals surface area contributed by atoms with Crippen LogP contribution in [0, 0.1) is 17.9 Å². The van der Waals surface area contributed by atoms with Gasteiger partial charge in [-0.3, -0.25) is 0 Å². The maximum atomic E-state index is 9.68. The summed E-state index contributed by atoms with van der Waals surface area (Å²) in [6.45, 7) is 8.09. The second-order valence-electron chi connectivity index (χ2n) is 10.7. The van der Waals surface area contributed by atoms with Gasteiger partial charge >= 0.3 is 0 Å². The highest BCUT2D eigenvalue weighted by molar-refractivity contribution is 7.26. The average Bonchev–Trinajstić information content (AvgIpc) is 3.73. The Kier molecular flexibility index (Phi) is 4.87. The fourth-order valence-corrected chi connectivity index (χ4v) is 7.79. The molecule has 198 valence electrons. The van der Waals surface area contributed by atoms with E-state index in [-0.39, 0.29) is 0 Å². The average molecular weight is 566 g/mol. The molecule has 0 saturated carbocycles.